The number of likely N-dealkylation sites (N-methyl/N-ethyl adjacent to an activating group) is 1. The van der Waals surface area contributed by atoms with E-state index >= 15 is 0 Å². The largest absolute Gasteiger partial charge is 0.491 e. The molecule has 2 rings (SSSR count). The van der Waals surface area contributed by atoms with Crippen LogP contribution in [0.5, 0.6) is 5.75 Å². The van der Waals surface area contributed by atoms with E-state index in [1.165, 1.54) is 12.1 Å². The molecule has 0 aliphatic carbocycles. The van der Waals surface area contributed by atoms with Crippen molar-refractivity contribution in [2.75, 3.05) is 38.3 Å². The Morgan fingerprint density at radius 3 is 2.62 bits per heavy atom. The van der Waals surface area contributed by atoms with Crippen molar-refractivity contribution in [3.8, 4) is 5.75 Å². The number of hydrogen-bond donors (Lipinski definition) is 1. The number of amides is 1. The molecule has 0 atom stereocenters. The highest BCUT2D eigenvalue weighted by molar-refractivity contribution is 5.81. The van der Waals surface area contributed by atoms with Gasteiger partial charge in [-0.2, -0.15) is 0 Å². The first kappa shape index (κ1) is 19.7. The summed E-state index contributed by atoms with van der Waals surface area (Å²) in [5, 5.41) is 2.90. The summed E-state index contributed by atoms with van der Waals surface area (Å²) in [6.07, 6.45) is 0. The first-order chi connectivity index (χ1) is 12.6. The molecular weight excluding hydrogens is 335 g/mol. The molecule has 2 aromatic rings. The summed E-state index contributed by atoms with van der Waals surface area (Å²) in [5.41, 5.74) is 1.77. The molecule has 0 bridgehead atoms. The van der Waals surface area contributed by atoms with Crippen LogP contribution in [0.3, 0.4) is 0 Å². The molecule has 5 nitrogen and oxygen atoms in total. The van der Waals surface area contributed by atoms with Crippen LogP contribution in [0.15, 0.2) is 48.5 Å². The first-order valence-corrected chi connectivity index (χ1v) is 8.60. The highest BCUT2D eigenvalue weighted by Gasteiger charge is 2.10. The number of ether oxygens (including phenoxy) is 2. The molecule has 0 fully saturated rings. The number of benzene rings is 2. The molecule has 26 heavy (non-hydrogen) atoms. The molecule has 0 saturated heterocycles. The molecule has 0 radical (unpaired) electrons. The molecule has 0 spiro atoms. The van der Waals surface area contributed by atoms with Crippen molar-refractivity contribution in [1.82, 2.24) is 5.32 Å². The lowest BCUT2D eigenvalue weighted by atomic mass is 10.2. The van der Waals surface area contributed by atoms with Gasteiger partial charge in [-0.3, -0.25) is 4.79 Å². The molecule has 2 aromatic carbocycles. The van der Waals surface area contributed by atoms with E-state index in [4.69, 9.17) is 9.47 Å². The van der Waals surface area contributed by atoms with Crippen LogP contribution in [-0.4, -0.2) is 39.3 Å². The van der Waals surface area contributed by atoms with Crippen LogP contribution >= 0.6 is 0 Å². The third kappa shape index (κ3) is 6.37. The van der Waals surface area contributed by atoms with Crippen LogP contribution in [0.1, 0.15) is 12.5 Å². The van der Waals surface area contributed by atoms with E-state index in [2.05, 4.69) is 5.32 Å². The van der Waals surface area contributed by atoms with Crippen LogP contribution in [0.2, 0.25) is 0 Å². The first-order valence-electron chi connectivity index (χ1n) is 8.60. The number of rotatable bonds is 10. The van der Waals surface area contributed by atoms with Crippen molar-refractivity contribution in [3.63, 3.8) is 0 Å². The molecule has 1 amide bonds. The summed E-state index contributed by atoms with van der Waals surface area (Å²) in [6.45, 7) is 4.25. The highest BCUT2D eigenvalue weighted by atomic mass is 19.1. The van der Waals surface area contributed by atoms with Crippen molar-refractivity contribution < 1.29 is 18.7 Å². The van der Waals surface area contributed by atoms with Gasteiger partial charge in [-0.25, -0.2) is 4.39 Å². The second-order valence-corrected chi connectivity index (χ2v) is 5.76. The van der Waals surface area contributed by atoms with Gasteiger partial charge in [0.05, 0.1) is 13.2 Å². The maximum Gasteiger partial charge on any atom is 0.239 e. The van der Waals surface area contributed by atoms with Crippen molar-refractivity contribution in [3.05, 3.63) is 59.9 Å². The maximum absolute atomic E-state index is 13.0. The highest BCUT2D eigenvalue weighted by Crippen LogP contribution is 2.15. The van der Waals surface area contributed by atoms with Gasteiger partial charge in [0.15, 0.2) is 0 Å². The van der Waals surface area contributed by atoms with Crippen LogP contribution in [-0.2, 0) is 16.1 Å². The number of carbonyl (C=O) groups excluding carboxylic acids is 1. The Morgan fingerprint density at radius 1 is 1.15 bits per heavy atom. The summed E-state index contributed by atoms with van der Waals surface area (Å²) < 4.78 is 23.6. The molecule has 140 valence electrons. The summed E-state index contributed by atoms with van der Waals surface area (Å²) in [4.78, 5) is 14.1. The zero-order chi connectivity index (χ0) is 18.8. The summed E-state index contributed by atoms with van der Waals surface area (Å²) in [5.74, 6) is 0.360. The van der Waals surface area contributed by atoms with Gasteiger partial charge in [-0.05, 0) is 48.9 Å². The number of nitrogens with zero attached hydrogens (tertiary/aromatic N) is 1. The number of halogens is 1. The fraction of sp³-hybridized carbons (Fsp3) is 0.350. The third-order valence-corrected chi connectivity index (χ3v) is 3.85. The lowest BCUT2D eigenvalue weighted by Crippen LogP contribution is -2.36. The van der Waals surface area contributed by atoms with Gasteiger partial charge in [0.1, 0.15) is 18.2 Å². The number of nitrogens with one attached hydrogen (secondary N) is 1. The second-order valence-electron chi connectivity index (χ2n) is 5.76. The van der Waals surface area contributed by atoms with E-state index in [-0.39, 0.29) is 18.3 Å². The van der Waals surface area contributed by atoms with Gasteiger partial charge < -0.3 is 19.7 Å². The minimum absolute atomic E-state index is 0.0955. The topological polar surface area (TPSA) is 50.8 Å². The van der Waals surface area contributed by atoms with Crippen molar-refractivity contribution in [2.24, 2.45) is 0 Å². The van der Waals surface area contributed by atoms with Crippen LogP contribution in [0.4, 0.5) is 10.1 Å². The Kier molecular flexibility index (Phi) is 7.89. The molecule has 0 heterocycles. The molecule has 0 aliphatic heterocycles. The Morgan fingerprint density at radius 2 is 1.92 bits per heavy atom. The second kappa shape index (κ2) is 10.4. The van der Waals surface area contributed by atoms with E-state index in [1.807, 2.05) is 36.1 Å². The van der Waals surface area contributed by atoms with E-state index in [0.717, 1.165) is 17.0 Å². The van der Waals surface area contributed by atoms with E-state index in [1.54, 1.807) is 19.2 Å². The van der Waals surface area contributed by atoms with Crippen molar-refractivity contribution in [1.29, 1.82) is 0 Å². The predicted molar refractivity (Wildman–Crippen MR) is 99.9 cm³/mol. The standard InChI is InChI=1S/C20H25FN2O3/c1-3-23(18-9-7-17(21)8-10-18)15-20(24)22-14-16-5-4-6-19(13-16)26-12-11-25-2/h4-10,13H,3,11-12,14-15H2,1-2H3,(H,22,24). The molecule has 0 aromatic heterocycles. The molecule has 6 heteroatoms. The zero-order valence-electron chi connectivity index (χ0n) is 15.2. The van der Waals surface area contributed by atoms with E-state index in [9.17, 15) is 9.18 Å². The van der Waals surface area contributed by atoms with Gasteiger partial charge in [-0.15, -0.1) is 0 Å². The van der Waals surface area contributed by atoms with Gasteiger partial charge in [0.25, 0.3) is 0 Å². The zero-order valence-corrected chi connectivity index (χ0v) is 15.2. The Balaban J connectivity index is 1.85. The Bertz CT molecular complexity index is 692. The molecule has 0 saturated carbocycles. The normalized spacial score (nSPS) is 10.4. The van der Waals surface area contributed by atoms with Gasteiger partial charge in [0.2, 0.25) is 5.91 Å². The lowest BCUT2D eigenvalue weighted by Gasteiger charge is -2.22. The Hall–Kier alpha value is -2.60. The molecule has 0 aliphatic rings. The minimum atomic E-state index is -0.290. The summed E-state index contributed by atoms with van der Waals surface area (Å²) >= 11 is 0. The molecule has 1 N–H and O–H groups in total. The van der Waals surface area contributed by atoms with Gasteiger partial charge >= 0.3 is 0 Å². The average molecular weight is 360 g/mol. The van der Waals surface area contributed by atoms with Crippen LogP contribution in [0, 0.1) is 5.82 Å². The molecular formula is C20H25FN2O3. The number of anilines is 1. The van der Waals surface area contributed by atoms with Crippen molar-refractivity contribution >= 4 is 11.6 Å². The maximum atomic E-state index is 13.0. The van der Waals surface area contributed by atoms with Gasteiger partial charge in [0, 0.05) is 25.9 Å². The Labute approximate surface area is 153 Å². The minimum Gasteiger partial charge on any atom is -0.491 e. The third-order valence-electron chi connectivity index (χ3n) is 3.85. The summed E-state index contributed by atoms with van der Waals surface area (Å²) in [7, 11) is 1.63. The quantitative estimate of drug-likeness (QED) is 0.662. The summed E-state index contributed by atoms with van der Waals surface area (Å²) in [6, 6.07) is 13.7. The fourth-order valence-electron chi connectivity index (χ4n) is 2.46. The van der Waals surface area contributed by atoms with Crippen LogP contribution < -0.4 is 15.0 Å². The number of methoxy groups -OCH3 is 1. The predicted octanol–water partition coefficient (Wildman–Crippen LogP) is 2.99. The smallest absolute Gasteiger partial charge is 0.239 e. The number of carbonyl (C=O) groups is 1. The van der Waals surface area contributed by atoms with E-state index in [0.29, 0.717) is 26.3 Å². The van der Waals surface area contributed by atoms with E-state index < -0.39 is 0 Å². The number of hydrogen-bond acceptors (Lipinski definition) is 4. The van der Waals surface area contributed by atoms with Gasteiger partial charge in [-0.1, -0.05) is 12.1 Å². The monoisotopic (exact) mass is 360 g/mol. The lowest BCUT2D eigenvalue weighted by molar-refractivity contribution is -0.119. The SMILES string of the molecule is CCN(CC(=O)NCc1cccc(OCCOC)c1)c1ccc(F)cc1. The van der Waals surface area contributed by atoms with Crippen molar-refractivity contribution in [2.45, 2.75) is 13.5 Å². The van der Waals surface area contributed by atoms with Crippen LogP contribution in [0.25, 0.3) is 0 Å². The fourth-order valence-corrected chi connectivity index (χ4v) is 2.46. The average Bonchev–Trinajstić information content (AvgIpc) is 2.66. The molecule has 0 unspecified atom stereocenters.